The minimum atomic E-state index is -1.24. The van der Waals surface area contributed by atoms with Crippen molar-refractivity contribution < 1.29 is 14.7 Å². The molecule has 3 aromatic rings. The number of hydrogen-bond donors (Lipinski definition) is 2. The maximum absolute atomic E-state index is 11.6. The molecule has 27 heavy (non-hydrogen) atoms. The number of aliphatic carboxylic acids is 1. The van der Waals surface area contributed by atoms with E-state index in [0.29, 0.717) is 10.7 Å². The van der Waals surface area contributed by atoms with Crippen LogP contribution in [0.2, 0.25) is 5.02 Å². The molecule has 0 atom stereocenters. The first kappa shape index (κ1) is 18.9. The largest absolute Gasteiger partial charge is 0.550 e. The predicted molar refractivity (Wildman–Crippen MR) is 105 cm³/mol. The molecule has 0 spiro atoms. The lowest BCUT2D eigenvalue weighted by molar-refractivity contribution is -0.305. The molecule has 3 rings (SSSR count). The Balaban J connectivity index is 1.62. The van der Waals surface area contributed by atoms with Crippen LogP contribution >= 0.6 is 22.9 Å². The zero-order chi connectivity index (χ0) is 19.2. The van der Waals surface area contributed by atoms with Crippen LogP contribution in [0.5, 0.6) is 0 Å². The number of nitrogens with one attached hydrogen (secondary N) is 2. The van der Waals surface area contributed by atoms with Crippen molar-refractivity contribution >= 4 is 51.3 Å². The van der Waals surface area contributed by atoms with Gasteiger partial charge in [0.2, 0.25) is 5.91 Å². The normalized spacial score (nSPS) is 10.4. The van der Waals surface area contributed by atoms with Gasteiger partial charge < -0.3 is 20.5 Å². The van der Waals surface area contributed by atoms with Crippen LogP contribution in [-0.4, -0.2) is 16.9 Å². The molecule has 0 fully saturated rings. The lowest BCUT2D eigenvalue weighted by atomic mass is 10.1. The number of rotatable bonds is 7. The Hall–Kier alpha value is -2.90. The number of aromatic nitrogens is 1. The van der Waals surface area contributed by atoms with Crippen molar-refractivity contribution in [1.29, 1.82) is 0 Å². The first-order valence-corrected chi connectivity index (χ1v) is 9.33. The molecule has 6 nitrogen and oxygen atoms in total. The number of anilines is 3. The minimum absolute atomic E-state index is 0.115. The molecule has 0 radical (unpaired) electrons. The van der Waals surface area contributed by atoms with E-state index < -0.39 is 5.97 Å². The van der Waals surface area contributed by atoms with Gasteiger partial charge in [-0.05, 0) is 42.8 Å². The molecule has 1 aromatic heterocycles. The van der Waals surface area contributed by atoms with E-state index in [2.05, 4.69) is 15.6 Å². The number of halogens is 1. The third-order valence-corrected chi connectivity index (χ3v) is 4.63. The van der Waals surface area contributed by atoms with E-state index in [9.17, 15) is 14.7 Å². The lowest BCUT2D eigenvalue weighted by Crippen LogP contribution is -2.24. The van der Waals surface area contributed by atoms with Crippen molar-refractivity contribution in [3.63, 3.8) is 0 Å². The fourth-order valence-corrected chi connectivity index (χ4v) is 3.15. The van der Waals surface area contributed by atoms with Gasteiger partial charge in [0.1, 0.15) is 0 Å². The van der Waals surface area contributed by atoms with Crippen LogP contribution in [-0.2, 0) is 9.59 Å². The molecule has 0 unspecified atom stereocenters. The molecule has 1 amide bonds. The topological polar surface area (TPSA) is 94.1 Å². The first-order chi connectivity index (χ1) is 13.0. The monoisotopic (exact) mass is 400 g/mol. The molecule has 0 aliphatic heterocycles. The maximum Gasteiger partial charge on any atom is 0.224 e. The number of thiazole rings is 1. The maximum atomic E-state index is 11.6. The molecule has 8 heteroatoms. The van der Waals surface area contributed by atoms with Crippen LogP contribution in [0.25, 0.3) is 11.3 Å². The van der Waals surface area contributed by atoms with Gasteiger partial charge in [0.05, 0.1) is 5.69 Å². The highest BCUT2D eigenvalue weighted by molar-refractivity contribution is 7.14. The van der Waals surface area contributed by atoms with Crippen molar-refractivity contribution in [1.82, 2.24) is 4.98 Å². The summed E-state index contributed by atoms with van der Waals surface area (Å²) >= 11 is 7.36. The van der Waals surface area contributed by atoms with E-state index in [1.807, 2.05) is 29.6 Å². The van der Waals surface area contributed by atoms with Gasteiger partial charge in [0.25, 0.3) is 0 Å². The average Bonchev–Trinajstić information content (AvgIpc) is 3.11. The van der Waals surface area contributed by atoms with Crippen molar-refractivity contribution in [3.05, 3.63) is 58.9 Å². The molecule has 0 saturated heterocycles. The summed E-state index contributed by atoms with van der Waals surface area (Å²) in [7, 11) is 0. The van der Waals surface area contributed by atoms with E-state index >= 15 is 0 Å². The average molecular weight is 401 g/mol. The summed E-state index contributed by atoms with van der Waals surface area (Å²) in [6.45, 7) is 0. The summed E-state index contributed by atoms with van der Waals surface area (Å²) in [6.07, 6.45) is -0.415. The molecular formula is C19H15ClN3O3S-. The number of carboxylic acids is 1. The summed E-state index contributed by atoms with van der Waals surface area (Å²) in [6, 6.07) is 14.5. The van der Waals surface area contributed by atoms with Gasteiger partial charge in [-0.25, -0.2) is 4.98 Å². The van der Waals surface area contributed by atoms with Crippen LogP contribution in [0.1, 0.15) is 12.8 Å². The Labute approximate surface area is 164 Å². The zero-order valence-electron chi connectivity index (χ0n) is 14.1. The molecule has 1 heterocycles. The molecule has 0 aliphatic rings. The van der Waals surface area contributed by atoms with Gasteiger partial charge in [0, 0.05) is 39.7 Å². The zero-order valence-corrected chi connectivity index (χ0v) is 15.6. The predicted octanol–water partition coefficient (Wildman–Crippen LogP) is 3.68. The van der Waals surface area contributed by atoms with Crippen molar-refractivity contribution in [2.75, 3.05) is 10.6 Å². The quantitative estimate of drug-likeness (QED) is 0.631. The third kappa shape index (κ3) is 5.54. The second-order valence-corrected chi connectivity index (χ2v) is 6.96. The number of benzene rings is 2. The second-order valence-electron chi connectivity index (χ2n) is 5.67. The molecule has 2 aromatic carbocycles. The van der Waals surface area contributed by atoms with Gasteiger partial charge >= 0.3 is 0 Å². The summed E-state index contributed by atoms with van der Waals surface area (Å²) in [5, 5.41) is 19.6. The standard InChI is InChI=1S/C19H16ClN3O3S/c20-13-3-7-15(8-4-13)22-19-23-16(11-27-19)12-1-5-14(6-2-12)21-17(24)9-10-18(25)26/h1-8,11H,9-10H2,(H,21,24)(H,22,23)(H,25,26)/p-1. The van der Waals surface area contributed by atoms with Crippen LogP contribution < -0.4 is 15.7 Å². The molecule has 138 valence electrons. The van der Waals surface area contributed by atoms with Crippen molar-refractivity contribution in [2.45, 2.75) is 12.8 Å². The fourth-order valence-electron chi connectivity index (χ4n) is 2.28. The number of hydrogen-bond acceptors (Lipinski definition) is 6. The summed E-state index contributed by atoms with van der Waals surface area (Å²) in [5.74, 6) is -1.61. The highest BCUT2D eigenvalue weighted by Crippen LogP contribution is 2.28. The molecule has 0 bridgehead atoms. The molecule has 0 aliphatic carbocycles. The number of carbonyl (C=O) groups is 2. The van der Waals surface area contributed by atoms with Gasteiger partial charge in [-0.15, -0.1) is 11.3 Å². The number of carboxylic acid groups (broad SMARTS) is 1. The Morgan fingerprint density at radius 1 is 1.00 bits per heavy atom. The van der Waals surface area contributed by atoms with Gasteiger partial charge in [-0.3, -0.25) is 4.79 Å². The number of carbonyl (C=O) groups excluding carboxylic acids is 2. The second kappa shape index (κ2) is 8.66. The smallest absolute Gasteiger partial charge is 0.224 e. The first-order valence-electron chi connectivity index (χ1n) is 8.08. The summed E-state index contributed by atoms with van der Waals surface area (Å²) in [5.41, 5.74) is 3.21. The Kier molecular flexibility index (Phi) is 6.05. The lowest BCUT2D eigenvalue weighted by Gasteiger charge is -2.06. The summed E-state index contributed by atoms with van der Waals surface area (Å²) in [4.78, 5) is 26.6. The van der Waals surface area contributed by atoms with Gasteiger partial charge in [-0.2, -0.15) is 0 Å². The Morgan fingerprint density at radius 3 is 2.33 bits per heavy atom. The SMILES string of the molecule is O=C([O-])CCC(=O)Nc1ccc(-c2csc(Nc3ccc(Cl)cc3)n2)cc1. The minimum Gasteiger partial charge on any atom is -0.550 e. The Morgan fingerprint density at radius 2 is 1.67 bits per heavy atom. The van der Waals surface area contributed by atoms with Crippen LogP contribution in [0, 0.1) is 0 Å². The molecular weight excluding hydrogens is 386 g/mol. The molecule has 2 N–H and O–H groups in total. The fraction of sp³-hybridized carbons (Fsp3) is 0.105. The van der Waals surface area contributed by atoms with Gasteiger partial charge in [-0.1, -0.05) is 23.7 Å². The summed E-state index contributed by atoms with van der Waals surface area (Å²) < 4.78 is 0. The number of nitrogens with zero attached hydrogens (tertiary/aromatic N) is 1. The van der Waals surface area contributed by atoms with Crippen molar-refractivity contribution in [3.8, 4) is 11.3 Å². The van der Waals surface area contributed by atoms with E-state index in [1.165, 1.54) is 11.3 Å². The number of amides is 1. The van der Waals surface area contributed by atoms with Crippen molar-refractivity contribution in [2.24, 2.45) is 0 Å². The van der Waals surface area contributed by atoms with E-state index in [4.69, 9.17) is 11.6 Å². The van der Waals surface area contributed by atoms with Crippen LogP contribution in [0.3, 0.4) is 0 Å². The van der Waals surface area contributed by atoms with Crippen LogP contribution in [0.15, 0.2) is 53.9 Å². The van der Waals surface area contributed by atoms with E-state index in [0.717, 1.165) is 22.1 Å². The van der Waals surface area contributed by atoms with E-state index in [-0.39, 0.29) is 18.7 Å². The highest BCUT2D eigenvalue weighted by Gasteiger charge is 2.07. The van der Waals surface area contributed by atoms with Gasteiger partial charge in [0.15, 0.2) is 5.13 Å². The van der Waals surface area contributed by atoms with E-state index in [1.54, 1.807) is 24.3 Å². The third-order valence-electron chi connectivity index (χ3n) is 3.62. The molecule has 0 saturated carbocycles. The Bertz CT molecular complexity index is 940. The van der Waals surface area contributed by atoms with Crippen LogP contribution in [0.4, 0.5) is 16.5 Å². The highest BCUT2D eigenvalue weighted by atomic mass is 35.5.